The van der Waals surface area contributed by atoms with Gasteiger partial charge in [0.25, 0.3) is 0 Å². The molecule has 2 rings (SSSR count). The lowest BCUT2D eigenvalue weighted by Crippen LogP contribution is -2.12. The predicted octanol–water partition coefficient (Wildman–Crippen LogP) is 3.17. The van der Waals surface area contributed by atoms with Crippen LogP contribution in [0.25, 0.3) is 0 Å². The maximum atomic E-state index is 10.1. The molecule has 0 saturated carbocycles. The lowest BCUT2D eigenvalue weighted by atomic mass is 9.99. The van der Waals surface area contributed by atoms with Crippen LogP contribution in [0.1, 0.15) is 38.9 Å². The van der Waals surface area contributed by atoms with E-state index in [2.05, 4.69) is 20.8 Å². The topological polar surface area (TPSA) is 38.7 Å². The second kappa shape index (κ2) is 5.61. The molecule has 3 nitrogen and oxygen atoms in total. The summed E-state index contributed by atoms with van der Waals surface area (Å²) in [6.07, 6.45) is 0.329. The first kappa shape index (κ1) is 13.2. The summed E-state index contributed by atoms with van der Waals surface area (Å²) in [6, 6.07) is 5.72. The molecular weight excluding hydrogens is 228 g/mol. The lowest BCUT2D eigenvalue weighted by molar-refractivity contribution is 0.150. The van der Waals surface area contributed by atoms with Gasteiger partial charge in [0.05, 0.1) is 19.3 Å². The molecule has 1 aromatic carbocycles. The summed E-state index contributed by atoms with van der Waals surface area (Å²) in [5, 5.41) is 10.1. The van der Waals surface area contributed by atoms with E-state index in [1.165, 1.54) is 0 Å². The Labute approximate surface area is 109 Å². The maximum Gasteiger partial charge on any atom is 0.161 e. The fourth-order valence-corrected chi connectivity index (χ4v) is 2.06. The molecule has 2 atom stereocenters. The van der Waals surface area contributed by atoms with E-state index in [1.54, 1.807) is 0 Å². The van der Waals surface area contributed by atoms with E-state index in [9.17, 15) is 5.11 Å². The smallest absolute Gasteiger partial charge is 0.161 e. The van der Waals surface area contributed by atoms with Gasteiger partial charge < -0.3 is 14.6 Å². The van der Waals surface area contributed by atoms with Crippen molar-refractivity contribution in [2.75, 3.05) is 13.2 Å². The van der Waals surface area contributed by atoms with Gasteiger partial charge in [-0.15, -0.1) is 0 Å². The molecule has 1 aromatic rings. The Kier molecular flexibility index (Phi) is 4.12. The Hall–Kier alpha value is -1.22. The zero-order valence-corrected chi connectivity index (χ0v) is 11.3. The minimum absolute atomic E-state index is 0.390. The van der Waals surface area contributed by atoms with Gasteiger partial charge in [0.2, 0.25) is 0 Å². The molecule has 1 heterocycles. The minimum Gasteiger partial charge on any atom is -0.489 e. The summed E-state index contributed by atoms with van der Waals surface area (Å²) in [7, 11) is 0. The van der Waals surface area contributed by atoms with Gasteiger partial charge in [-0.2, -0.15) is 0 Å². The molecule has 0 aromatic heterocycles. The molecule has 0 radical (unpaired) electrons. The van der Waals surface area contributed by atoms with Crippen LogP contribution in [0, 0.1) is 11.8 Å². The third-order valence-corrected chi connectivity index (χ3v) is 3.09. The largest absolute Gasteiger partial charge is 0.489 e. The standard InChI is InChI=1S/C15H22O3/c1-10(2)6-13(16)12-4-5-14-15(7-12)18-9-11(3)8-17-14/h4-5,7,10-11,13,16H,6,8-9H2,1-3H3. The molecule has 1 N–H and O–H groups in total. The van der Waals surface area contributed by atoms with Gasteiger partial charge in [-0.25, -0.2) is 0 Å². The van der Waals surface area contributed by atoms with Crippen LogP contribution in [-0.4, -0.2) is 18.3 Å². The van der Waals surface area contributed by atoms with E-state index in [0.29, 0.717) is 25.0 Å². The highest BCUT2D eigenvalue weighted by molar-refractivity contribution is 5.44. The monoisotopic (exact) mass is 250 g/mol. The Morgan fingerprint density at radius 1 is 1.22 bits per heavy atom. The molecule has 0 aliphatic carbocycles. The zero-order chi connectivity index (χ0) is 13.1. The quantitative estimate of drug-likeness (QED) is 0.895. The highest BCUT2D eigenvalue weighted by Gasteiger charge is 2.17. The van der Waals surface area contributed by atoms with Crippen molar-refractivity contribution < 1.29 is 14.6 Å². The normalized spacial score (nSPS) is 20.6. The number of hydrogen-bond donors (Lipinski definition) is 1. The van der Waals surface area contributed by atoms with Crippen molar-refractivity contribution >= 4 is 0 Å². The van der Waals surface area contributed by atoms with Crippen LogP contribution < -0.4 is 9.47 Å². The molecule has 0 spiro atoms. The Balaban J connectivity index is 2.16. The first-order valence-corrected chi connectivity index (χ1v) is 6.64. The van der Waals surface area contributed by atoms with Crippen LogP contribution in [0.3, 0.4) is 0 Å². The number of hydrogen-bond acceptors (Lipinski definition) is 3. The summed E-state index contributed by atoms with van der Waals surface area (Å²) in [6.45, 7) is 7.65. The van der Waals surface area contributed by atoms with Crippen molar-refractivity contribution in [1.82, 2.24) is 0 Å². The zero-order valence-electron chi connectivity index (χ0n) is 11.3. The van der Waals surface area contributed by atoms with Crippen molar-refractivity contribution in [3.63, 3.8) is 0 Å². The van der Waals surface area contributed by atoms with Crippen molar-refractivity contribution in [3.05, 3.63) is 23.8 Å². The average molecular weight is 250 g/mol. The Morgan fingerprint density at radius 3 is 2.56 bits per heavy atom. The van der Waals surface area contributed by atoms with Crippen molar-refractivity contribution in [1.29, 1.82) is 0 Å². The second-order valence-corrected chi connectivity index (χ2v) is 5.58. The third-order valence-electron chi connectivity index (χ3n) is 3.09. The number of benzene rings is 1. The molecule has 3 heteroatoms. The highest BCUT2D eigenvalue weighted by Crippen LogP contribution is 2.34. The predicted molar refractivity (Wildman–Crippen MR) is 71.0 cm³/mol. The van der Waals surface area contributed by atoms with Crippen LogP contribution in [-0.2, 0) is 0 Å². The van der Waals surface area contributed by atoms with Gasteiger partial charge in [-0.05, 0) is 30.0 Å². The summed E-state index contributed by atoms with van der Waals surface area (Å²) >= 11 is 0. The molecule has 0 amide bonds. The average Bonchev–Trinajstić information content (AvgIpc) is 2.50. The van der Waals surface area contributed by atoms with E-state index in [4.69, 9.17) is 9.47 Å². The van der Waals surface area contributed by atoms with Gasteiger partial charge in [-0.3, -0.25) is 0 Å². The van der Waals surface area contributed by atoms with Gasteiger partial charge in [0, 0.05) is 5.92 Å². The molecule has 100 valence electrons. The van der Waals surface area contributed by atoms with Crippen LogP contribution in [0.4, 0.5) is 0 Å². The lowest BCUT2D eigenvalue weighted by Gasteiger charge is -2.15. The fourth-order valence-electron chi connectivity index (χ4n) is 2.06. The van der Waals surface area contributed by atoms with Gasteiger partial charge in [-0.1, -0.05) is 26.8 Å². The number of fused-ring (bicyclic) bond motifs is 1. The summed E-state index contributed by atoms with van der Waals surface area (Å²) < 4.78 is 11.4. The molecule has 1 aliphatic rings. The first-order chi connectivity index (χ1) is 8.56. The number of aliphatic hydroxyl groups excluding tert-OH is 1. The van der Waals surface area contributed by atoms with Crippen molar-refractivity contribution in [2.45, 2.75) is 33.3 Å². The van der Waals surface area contributed by atoms with Crippen LogP contribution in [0.2, 0.25) is 0 Å². The van der Waals surface area contributed by atoms with E-state index in [1.807, 2.05) is 18.2 Å². The molecule has 1 aliphatic heterocycles. The highest BCUT2D eigenvalue weighted by atomic mass is 16.5. The Bertz CT molecular complexity index is 401. The summed E-state index contributed by atoms with van der Waals surface area (Å²) in [5.74, 6) is 2.39. The van der Waals surface area contributed by atoms with E-state index in [0.717, 1.165) is 23.5 Å². The fraction of sp³-hybridized carbons (Fsp3) is 0.600. The SMILES string of the molecule is CC(C)CC(O)c1ccc2c(c1)OCC(C)CO2. The number of ether oxygens (including phenoxy) is 2. The van der Waals surface area contributed by atoms with Crippen molar-refractivity contribution in [3.8, 4) is 11.5 Å². The second-order valence-electron chi connectivity index (χ2n) is 5.58. The molecule has 0 fully saturated rings. The summed E-state index contributed by atoms with van der Waals surface area (Å²) in [5.41, 5.74) is 0.903. The van der Waals surface area contributed by atoms with Gasteiger partial charge in [0.1, 0.15) is 0 Å². The van der Waals surface area contributed by atoms with E-state index in [-0.39, 0.29) is 0 Å². The number of aliphatic hydroxyl groups is 1. The summed E-state index contributed by atoms with van der Waals surface area (Å²) in [4.78, 5) is 0. The minimum atomic E-state index is -0.431. The van der Waals surface area contributed by atoms with Crippen LogP contribution in [0.5, 0.6) is 11.5 Å². The molecular formula is C15H22O3. The Morgan fingerprint density at radius 2 is 1.89 bits per heavy atom. The van der Waals surface area contributed by atoms with Gasteiger partial charge in [0.15, 0.2) is 11.5 Å². The maximum absolute atomic E-state index is 10.1. The van der Waals surface area contributed by atoms with E-state index >= 15 is 0 Å². The van der Waals surface area contributed by atoms with Crippen molar-refractivity contribution in [2.24, 2.45) is 11.8 Å². The molecule has 0 bridgehead atoms. The van der Waals surface area contributed by atoms with Crippen LogP contribution in [0.15, 0.2) is 18.2 Å². The molecule has 18 heavy (non-hydrogen) atoms. The van der Waals surface area contributed by atoms with Crippen LogP contribution >= 0.6 is 0 Å². The van der Waals surface area contributed by atoms with E-state index < -0.39 is 6.10 Å². The first-order valence-electron chi connectivity index (χ1n) is 6.64. The molecule has 0 saturated heterocycles. The third kappa shape index (κ3) is 3.16. The molecule has 2 unspecified atom stereocenters. The number of rotatable bonds is 3. The van der Waals surface area contributed by atoms with Gasteiger partial charge >= 0.3 is 0 Å².